The summed E-state index contributed by atoms with van der Waals surface area (Å²) in [5.74, 6) is -0.439. The molecule has 4 nitrogen and oxygen atoms in total. The van der Waals surface area contributed by atoms with Gasteiger partial charge in [-0.25, -0.2) is 9.59 Å². The van der Waals surface area contributed by atoms with E-state index in [9.17, 15) is 9.59 Å². The van der Waals surface area contributed by atoms with Gasteiger partial charge in [0, 0.05) is 5.92 Å². The summed E-state index contributed by atoms with van der Waals surface area (Å²) in [6.45, 7) is 5.83. The zero-order valence-electron chi connectivity index (χ0n) is 15.6. The molecule has 4 heteroatoms. The third-order valence-corrected chi connectivity index (χ3v) is 4.42. The number of carbonyl (C=O) groups is 2. The second-order valence-electron chi connectivity index (χ2n) is 6.78. The largest absolute Gasteiger partial charge is 0.454 e. The van der Waals surface area contributed by atoms with E-state index >= 15 is 0 Å². The SMILES string of the molecule is Cc1ccc(OC(=O)C2=CC(C)C(OC(=O)c3ccc(C)cc3)C=C2)cc1. The molecule has 3 rings (SSSR count). The lowest BCUT2D eigenvalue weighted by atomic mass is 9.95. The van der Waals surface area contributed by atoms with Crippen molar-refractivity contribution in [1.29, 1.82) is 0 Å². The Morgan fingerprint density at radius 2 is 1.44 bits per heavy atom. The first-order valence-electron chi connectivity index (χ1n) is 8.89. The van der Waals surface area contributed by atoms with Crippen LogP contribution in [0.1, 0.15) is 28.4 Å². The molecule has 0 aliphatic heterocycles. The molecule has 2 aromatic carbocycles. The maximum absolute atomic E-state index is 12.3. The molecule has 0 N–H and O–H groups in total. The van der Waals surface area contributed by atoms with Crippen molar-refractivity contribution in [2.75, 3.05) is 0 Å². The Balaban J connectivity index is 1.62. The van der Waals surface area contributed by atoms with Gasteiger partial charge in [0.05, 0.1) is 11.1 Å². The summed E-state index contributed by atoms with van der Waals surface area (Å²) < 4.78 is 11.0. The average Bonchev–Trinajstić information content (AvgIpc) is 2.65. The van der Waals surface area contributed by atoms with E-state index in [2.05, 4.69) is 0 Å². The molecule has 0 spiro atoms. The molecule has 0 heterocycles. The van der Waals surface area contributed by atoms with Crippen LogP contribution >= 0.6 is 0 Å². The first-order valence-corrected chi connectivity index (χ1v) is 8.89. The Hall–Kier alpha value is -3.14. The van der Waals surface area contributed by atoms with Gasteiger partial charge in [-0.3, -0.25) is 0 Å². The van der Waals surface area contributed by atoms with E-state index in [-0.39, 0.29) is 11.9 Å². The summed E-state index contributed by atoms with van der Waals surface area (Å²) >= 11 is 0. The van der Waals surface area contributed by atoms with E-state index in [0.29, 0.717) is 16.9 Å². The zero-order chi connectivity index (χ0) is 19.4. The van der Waals surface area contributed by atoms with Gasteiger partial charge in [-0.15, -0.1) is 0 Å². The Bertz CT molecular complexity index is 889. The maximum atomic E-state index is 12.3. The van der Waals surface area contributed by atoms with Gasteiger partial charge in [0.1, 0.15) is 11.9 Å². The van der Waals surface area contributed by atoms with Crippen molar-refractivity contribution in [2.45, 2.75) is 26.9 Å². The van der Waals surface area contributed by atoms with Crippen LogP contribution in [0.4, 0.5) is 0 Å². The third-order valence-electron chi connectivity index (χ3n) is 4.42. The molecule has 138 valence electrons. The molecule has 0 saturated carbocycles. The van der Waals surface area contributed by atoms with Crippen LogP contribution in [0.3, 0.4) is 0 Å². The molecule has 1 aliphatic carbocycles. The summed E-state index contributed by atoms with van der Waals surface area (Å²) in [6.07, 6.45) is 4.71. The molecule has 0 radical (unpaired) electrons. The molecule has 2 unspecified atom stereocenters. The van der Waals surface area contributed by atoms with E-state index in [1.165, 1.54) is 0 Å². The van der Waals surface area contributed by atoms with Gasteiger partial charge < -0.3 is 9.47 Å². The lowest BCUT2D eigenvalue weighted by molar-refractivity contribution is -0.129. The standard InChI is InChI=1S/C23H22O4/c1-15-4-8-18(9-5-15)22(24)27-21-13-10-19(14-17(21)3)23(25)26-20-11-6-16(2)7-12-20/h4-14,17,21H,1-3H3. The van der Waals surface area contributed by atoms with E-state index in [1.54, 1.807) is 42.5 Å². The van der Waals surface area contributed by atoms with Crippen molar-refractivity contribution in [1.82, 2.24) is 0 Å². The monoisotopic (exact) mass is 362 g/mol. The number of hydrogen-bond donors (Lipinski definition) is 0. The van der Waals surface area contributed by atoms with Crippen molar-refractivity contribution in [3.05, 3.63) is 89.0 Å². The summed E-state index contributed by atoms with van der Waals surface area (Å²) in [5, 5.41) is 0. The topological polar surface area (TPSA) is 52.6 Å². The smallest absolute Gasteiger partial charge is 0.343 e. The molecule has 0 bridgehead atoms. The Labute approximate surface area is 159 Å². The van der Waals surface area contributed by atoms with Crippen molar-refractivity contribution in [2.24, 2.45) is 5.92 Å². The second-order valence-corrected chi connectivity index (χ2v) is 6.78. The van der Waals surface area contributed by atoms with Gasteiger partial charge in [-0.1, -0.05) is 48.4 Å². The first kappa shape index (κ1) is 18.6. The van der Waals surface area contributed by atoms with Crippen molar-refractivity contribution in [3.8, 4) is 5.75 Å². The van der Waals surface area contributed by atoms with Gasteiger partial charge >= 0.3 is 11.9 Å². The quantitative estimate of drug-likeness (QED) is 0.591. The van der Waals surface area contributed by atoms with Crippen molar-refractivity contribution >= 4 is 11.9 Å². The lowest BCUT2D eigenvalue weighted by Gasteiger charge is -2.22. The number of benzene rings is 2. The van der Waals surface area contributed by atoms with Crippen molar-refractivity contribution < 1.29 is 19.1 Å². The number of hydrogen-bond acceptors (Lipinski definition) is 4. The predicted molar refractivity (Wildman–Crippen MR) is 104 cm³/mol. The highest BCUT2D eigenvalue weighted by Gasteiger charge is 2.24. The van der Waals surface area contributed by atoms with Crippen LogP contribution in [0.5, 0.6) is 5.75 Å². The molecule has 2 aromatic rings. The van der Waals surface area contributed by atoms with Crippen LogP contribution in [-0.4, -0.2) is 18.0 Å². The number of aryl methyl sites for hydroxylation is 2. The van der Waals surface area contributed by atoms with Crippen LogP contribution in [-0.2, 0) is 9.53 Å². The van der Waals surface area contributed by atoms with Crippen molar-refractivity contribution in [3.63, 3.8) is 0 Å². The first-order chi connectivity index (χ1) is 12.9. The number of rotatable bonds is 4. The van der Waals surface area contributed by atoms with Gasteiger partial charge in [-0.2, -0.15) is 0 Å². The fourth-order valence-electron chi connectivity index (χ4n) is 2.74. The fraction of sp³-hybridized carbons (Fsp3) is 0.217. The number of carbonyl (C=O) groups excluding carboxylic acids is 2. The molecular formula is C23H22O4. The minimum absolute atomic E-state index is 0.134. The summed E-state index contributed by atoms with van der Waals surface area (Å²) in [7, 11) is 0. The maximum Gasteiger partial charge on any atom is 0.343 e. The van der Waals surface area contributed by atoms with E-state index in [0.717, 1.165) is 11.1 Å². The van der Waals surface area contributed by atoms with Gasteiger partial charge in [0.2, 0.25) is 0 Å². The average molecular weight is 362 g/mol. The minimum Gasteiger partial charge on any atom is -0.454 e. The highest BCUT2D eigenvalue weighted by atomic mass is 16.5. The molecule has 1 aliphatic rings. The van der Waals surface area contributed by atoms with Crippen LogP contribution in [0.25, 0.3) is 0 Å². The molecule has 0 aromatic heterocycles. The van der Waals surface area contributed by atoms with Gasteiger partial charge in [-0.05, 0) is 50.3 Å². The minimum atomic E-state index is -0.426. The van der Waals surface area contributed by atoms with Crippen LogP contribution in [0.15, 0.2) is 72.3 Å². The van der Waals surface area contributed by atoms with Gasteiger partial charge in [0.25, 0.3) is 0 Å². The molecule has 2 atom stereocenters. The number of esters is 2. The summed E-state index contributed by atoms with van der Waals surface area (Å²) in [5.41, 5.74) is 3.14. The lowest BCUT2D eigenvalue weighted by Crippen LogP contribution is -2.26. The molecular weight excluding hydrogens is 340 g/mol. The predicted octanol–water partition coefficient (Wildman–Crippen LogP) is 4.57. The Morgan fingerprint density at radius 1 is 0.852 bits per heavy atom. The van der Waals surface area contributed by atoms with E-state index < -0.39 is 12.1 Å². The Morgan fingerprint density at radius 3 is 2.04 bits per heavy atom. The molecule has 0 amide bonds. The van der Waals surface area contributed by atoms with E-state index in [1.807, 2.05) is 45.0 Å². The Kier molecular flexibility index (Phi) is 5.55. The third kappa shape index (κ3) is 4.73. The second kappa shape index (κ2) is 8.04. The van der Waals surface area contributed by atoms with Crippen LogP contribution in [0, 0.1) is 19.8 Å². The molecule has 0 fully saturated rings. The highest BCUT2D eigenvalue weighted by molar-refractivity contribution is 5.93. The molecule has 27 heavy (non-hydrogen) atoms. The fourth-order valence-corrected chi connectivity index (χ4v) is 2.74. The van der Waals surface area contributed by atoms with Crippen LogP contribution < -0.4 is 4.74 Å². The summed E-state index contributed by atoms with van der Waals surface area (Å²) in [6, 6.07) is 14.5. The number of ether oxygens (including phenoxy) is 2. The molecule has 0 saturated heterocycles. The normalized spacial score (nSPS) is 18.6. The summed E-state index contributed by atoms with van der Waals surface area (Å²) in [4.78, 5) is 24.6. The van der Waals surface area contributed by atoms with Crippen LogP contribution in [0.2, 0.25) is 0 Å². The zero-order valence-corrected chi connectivity index (χ0v) is 15.6. The van der Waals surface area contributed by atoms with Gasteiger partial charge in [0.15, 0.2) is 0 Å². The van der Waals surface area contributed by atoms with E-state index in [4.69, 9.17) is 9.47 Å². The highest BCUT2D eigenvalue weighted by Crippen LogP contribution is 2.23.